The van der Waals surface area contributed by atoms with Gasteiger partial charge in [0.2, 0.25) is 0 Å². The normalized spacial score (nSPS) is 24.3. The molecule has 0 radical (unpaired) electrons. The number of fused-ring (bicyclic) bond motifs is 1. The summed E-state index contributed by atoms with van der Waals surface area (Å²) in [5, 5.41) is 5.87. The molecule has 114 valence electrons. The van der Waals surface area contributed by atoms with Crippen molar-refractivity contribution in [3.05, 3.63) is 29.3 Å². The Morgan fingerprint density at radius 2 is 2.29 bits per heavy atom. The second kappa shape index (κ2) is 6.89. The Kier molecular flexibility index (Phi) is 4.91. The van der Waals surface area contributed by atoms with Gasteiger partial charge in [-0.05, 0) is 54.3 Å². The maximum atomic E-state index is 4.65. The minimum Gasteiger partial charge on any atom is -0.310 e. The van der Waals surface area contributed by atoms with Crippen molar-refractivity contribution in [1.29, 1.82) is 0 Å². The van der Waals surface area contributed by atoms with Crippen molar-refractivity contribution in [2.24, 2.45) is 11.8 Å². The minimum atomic E-state index is 0.475. The van der Waals surface area contributed by atoms with Gasteiger partial charge in [-0.3, -0.25) is 4.98 Å². The molecular formula is C18H26N2S. The number of thiophene rings is 1. The average molecular weight is 302 g/mol. The molecule has 0 aliphatic heterocycles. The van der Waals surface area contributed by atoms with Gasteiger partial charge in [-0.25, -0.2) is 0 Å². The Balaban J connectivity index is 1.85. The minimum absolute atomic E-state index is 0.475. The first-order valence-corrected chi connectivity index (χ1v) is 9.26. The van der Waals surface area contributed by atoms with Crippen LogP contribution in [-0.2, 0) is 0 Å². The van der Waals surface area contributed by atoms with E-state index in [9.17, 15) is 0 Å². The van der Waals surface area contributed by atoms with Crippen molar-refractivity contribution in [3.8, 4) is 0 Å². The SMILES string of the molecule is CCNC(c1cnc2ccsc2c1)C1CCCC(CC)C1. The van der Waals surface area contributed by atoms with Crippen LogP contribution in [0.15, 0.2) is 23.7 Å². The topological polar surface area (TPSA) is 24.9 Å². The van der Waals surface area contributed by atoms with Crippen molar-refractivity contribution >= 4 is 21.6 Å². The molecule has 1 aliphatic carbocycles. The van der Waals surface area contributed by atoms with Crippen LogP contribution in [0.3, 0.4) is 0 Å². The van der Waals surface area contributed by atoms with Gasteiger partial charge in [0.15, 0.2) is 0 Å². The fourth-order valence-electron chi connectivity index (χ4n) is 3.81. The van der Waals surface area contributed by atoms with Gasteiger partial charge in [0, 0.05) is 12.2 Å². The van der Waals surface area contributed by atoms with Gasteiger partial charge in [0.25, 0.3) is 0 Å². The van der Waals surface area contributed by atoms with Crippen molar-refractivity contribution in [2.75, 3.05) is 6.54 Å². The van der Waals surface area contributed by atoms with Crippen LogP contribution in [0.4, 0.5) is 0 Å². The first kappa shape index (κ1) is 15.0. The molecule has 0 saturated heterocycles. The van der Waals surface area contributed by atoms with Crippen LogP contribution < -0.4 is 5.32 Å². The molecule has 0 aromatic carbocycles. The fraction of sp³-hybridized carbons (Fsp3) is 0.611. The Morgan fingerprint density at radius 1 is 1.38 bits per heavy atom. The molecule has 1 aliphatic rings. The van der Waals surface area contributed by atoms with E-state index < -0.39 is 0 Å². The number of aromatic nitrogens is 1. The zero-order chi connectivity index (χ0) is 14.7. The van der Waals surface area contributed by atoms with E-state index >= 15 is 0 Å². The van der Waals surface area contributed by atoms with Crippen molar-refractivity contribution in [3.63, 3.8) is 0 Å². The lowest BCUT2D eigenvalue weighted by atomic mass is 9.75. The summed E-state index contributed by atoms with van der Waals surface area (Å²) in [5.74, 6) is 1.69. The van der Waals surface area contributed by atoms with Crippen molar-refractivity contribution < 1.29 is 0 Å². The highest BCUT2D eigenvalue weighted by atomic mass is 32.1. The highest BCUT2D eigenvalue weighted by Crippen LogP contribution is 2.39. The van der Waals surface area contributed by atoms with E-state index in [0.717, 1.165) is 23.9 Å². The fourth-order valence-corrected chi connectivity index (χ4v) is 4.60. The lowest BCUT2D eigenvalue weighted by molar-refractivity contribution is 0.210. The summed E-state index contributed by atoms with van der Waals surface area (Å²) in [4.78, 5) is 4.65. The summed E-state index contributed by atoms with van der Waals surface area (Å²) in [6, 6.07) is 4.94. The van der Waals surface area contributed by atoms with E-state index in [1.165, 1.54) is 42.4 Å². The standard InChI is InChI=1S/C18H26N2S/c1-3-13-6-5-7-14(10-13)18(19-4-2)15-11-17-16(20-12-15)8-9-21-17/h8-9,11-14,18-19H,3-7,10H2,1-2H3. The van der Waals surface area contributed by atoms with E-state index in [2.05, 4.69) is 47.9 Å². The Bertz CT molecular complexity index is 577. The van der Waals surface area contributed by atoms with Crippen molar-refractivity contribution in [2.45, 2.75) is 52.0 Å². The molecule has 2 heterocycles. The predicted octanol–water partition coefficient (Wildman–Crippen LogP) is 5.16. The lowest BCUT2D eigenvalue weighted by Gasteiger charge is -2.35. The van der Waals surface area contributed by atoms with E-state index in [-0.39, 0.29) is 0 Å². The van der Waals surface area contributed by atoms with Gasteiger partial charge in [-0.2, -0.15) is 0 Å². The predicted molar refractivity (Wildman–Crippen MR) is 91.8 cm³/mol. The van der Waals surface area contributed by atoms with Gasteiger partial charge >= 0.3 is 0 Å². The Hall–Kier alpha value is -0.930. The van der Waals surface area contributed by atoms with Gasteiger partial charge < -0.3 is 5.32 Å². The third kappa shape index (κ3) is 3.29. The molecule has 1 N–H and O–H groups in total. The van der Waals surface area contributed by atoms with Crippen LogP contribution in [0, 0.1) is 11.8 Å². The molecular weight excluding hydrogens is 276 g/mol. The second-order valence-electron chi connectivity index (χ2n) is 6.31. The molecule has 2 aromatic heterocycles. The largest absolute Gasteiger partial charge is 0.310 e. The molecule has 3 rings (SSSR count). The number of hydrogen-bond acceptors (Lipinski definition) is 3. The third-order valence-corrected chi connectivity index (χ3v) is 5.83. The maximum Gasteiger partial charge on any atom is 0.0809 e. The van der Waals surface area contributed by atoms with Gasteiger partial charge in [-0.1, -0.05) is 33.1 Å². The summed E-state index contributed by atoms with van der Waals surface area (Å²) in [6.07, 6.45) is 8.97. The molecule has 21 heavy (non-hydrogen) atoms. The monoisotopic (exact) mass is 302 g/mol. The molecule has 2 aromatic rings. The molecule has 3 heteroatoms. The van der Waals surface area contributed by atoms with Crippen LogP contribution in [0.2, 0.25) is 0 Å². The van der Waals surface area contributed by atoms with E-state index in [1.807, 2.05) is 0 Å². The van der Waals surface area contributed by atoms with Crippen LogP contribution in [-0.4, -0.2) is 11.5 Å². The molecule has 0 amide bonds. The summed E-state index contributed by atoms with van der Waals surface area (Å²) in [7, 11) is 0. The summed E-state index contributed by atoms with van der Waals surface area (Å²) in [6.45, 7) is 5.58. The van der Waals surface area contributed by atoms with E-state index in [1.54, 1.807) is 11.3 Å². The highest BCUT2D eigenvalue weighted by Gasteiger charge is 2.28. The number of rotatable bonds is 5. The first-order chi connectivity index (χ1) is 10.3. The zero-order valence-electron chi connectivity index (χ0n) is 13.1. The highest BCUT2D eigenvalue weighted by molar-refractivity contribution is 7.17. The molecule has 3 atom stereocenters. The maximum absolute atomic E-state index is 4.65. The van der Waals surface area contributed by atoms with Crippen LogP contribution in [0.25, 0.3) is 10.2 Å². The Morgan fingerprint density at radius 3 is 3.10 bits per heavy atom. The van der Waals surface area contributed by atoms with Gasteiger partial charge in [0.1, 0.15) is 0 Å². The van der Waals surface area contributed by atoms with E-state index in [0.29, 0.717) is 6.04 Å². The van der Waals surface area contributed by atoms with Crippen LogP contribution in [0.5, 0.6) is 0 Å². The molecule has 2 nitrogen and oxygen atoms in total. The summed E-state index contributed by atoms with van der Waals surface area (Å²) < 4.78 is 1.32. The van der Waals surface area contributed by atoms with Crippen LogP contribution >= 0.6 is 11.3 Å². The number of nitrogens with zero attached hydrogens (tertiary/aromatic N) is 1. The molecule has 3 unspecified atom stereocenters. The smallest absolute Gasteiger partial charge is 0.0809 e. The number of hydrogen-bond donors (Lipinski definition) is 1. The quantitative estimate of drug-likeness (QED) is 0.825. The molecule has 1 fully saturated rings. The number of nitrogens with one attached hydrogen (secondary N) is 1. The van der Waals surface area contributed by atoms with Gasteiger partial charge in [0.05, 0.1) is 10.2 Å². The summed E-state index contributed by atoms with van der Waals surface area (Å²) in [5.41, 5.74) is 2.52. The number of pyridine rings is 1. The third-order valence-electron chi connectivity index (χ3n) is 4.98. The zero-order valence-corrected chi connectivity index (χ0v) is 14.0. The van der Waals surface area contributed by atoms with Gasteiger partial charge in [-0.15, -0.1) is 11.3 Å². The molecule has 0 bridgehead atoms. The summed E-state index contributed by atoms with van der Waals surface area (Å²) >= 11 is 1.80. The second-order valence-corrected chi connectivity index (χ2v) is 7.26. The van der Waals surface area contributed by atoms with Crippen LogP contribution in [0.1, 0.15) is 57.6 Å². The Labute approximate surface area is 132 Å². The van der Waals surface area contributed by atoms with E-state index in [4.69, 9.17) is 0 Å². The molecule has 1 saturated carbocycles. The lowest BCUT2D eigenvalue weighted by Crippen LogP contribution is -2.31. The average Bonchev–Trinajstić information content (AvgIpc) is 3.00. The first-order valence-electron chi connectivity index (χ1n) is 8.38. The van der Waals surface area contributed by atoms with Crippen molar-refractivity contribution in [1.82, 2.24) is 10.3 Å². The molecule has 0 spiro atoms.